The van der Waals surface area contributed by atoms with Crippen LogP contribution in [0.4, 0.5) is 0 Å². The van der Waals surface area contributed by atoms with E-state index in [0.29, 0.717) is 11.5 Å². The Kier molecular flexibility index (Phi) is 3.96. The van der Waals surface area contributed by atoms with Gasteiger partial charge in [-0.25, -0.2) is 18.1 Å². The van der Waals surface area contributed by atoms with Crippen molar-refractivity contribution in [3.63, 3.8) is 0 Å². The van der Waals surface area contributed by atoms with Gasteiger partial charge in [0.25, 0.3) is 0 Å². The molecule has 0 amide bonds. The van der Waals surface area contributed by atoms with Crippen LogP contribution in [0.15, 0.2) is 41.1 Å². The summed E-state index contributed by atoms with van der Waals surface area (Å²) in [6.45, 7) is 0.169. The third-order valence-corrected chi connectivity index (χ3v) is 7.10. The topological polar surface area (TPSA) is 72.2 Å². The quantitative estimate of drug-likeness (QED) is 0.871. The second kappa shape index (κ2) is 6.01. The summed E-state index contributed by atoms with van der Waals surface area (Å²) in [5, 5.41) is 0. The minimum atomic E-state index is -3.32. The third kappa shape index (κ3) is 3.13. The maximum Gasteiger partial charge on any atom is 0.212 e. The molecule has 5 nitrogen and oxygen atoms in total. The molecule has 2 aromatic rings. The molecule has 0 unspecified atom stereocenters. The van der Waals surface area contributed by atoms with Crippen molar-refractivity contribution in [1.29, 1.82) is 0 Å². The second-order valence-electron chi connectivity index (χ2n) is 7.22. The average Bonchev–Trinajstić information content (AvgIpc) is 3.28. The summed E-state index contributed by atoms with van der Waals surface area (Å²) in [5.74, 6) is 1.62. The van der Waals surface area contributed by atoms with Gasteiger partial charge in [-0.1, -0.05) is 30.3 Å². The van der Waals surface area contributed by atoms with Crippen LogP contribution in [0.1, 0.15) is 37.8 Å². The van der Waals surface area contributed by atoms with Gasteiger partial charge in [0.05, 0.1) is 12.3 Å². The van der Waals surface area contributed by atoms with Gasteiger partial charge in [-0.3, -0.25) is 0 Å². The van der Waals surface area contributed by atoms with Crippen molar-refractivity contribution in [3.8, 4) is 11.3 Å². The number of hydrogen-bond acceptors (Lipinski definition) is 4. The molecule has 1 aromatic carbocycles. The van der Waals surface area contributed by atoms with E-state index in [1.54, 1.807) is 0 Å². The lowest BCUT2D eigenvalue weighted by atomic mass is 9.87. The van der Waals surface area contributed by atoms with E-state index in [1.807, 2.05) is 30.3 Å². The Hall–Kier alpha value is -1.66. The highest BCUT2D eigenvalue weighted by Crippen LogP contribution is 2.54. The molecule has 0 saturated heterocycles. The normalized spacial score (nSPS) is 26.1. The largest absolute Gasteiger partial charge is 0.443 e. The fourth-order valence-corrected chi connectivity index (χ4v) is 6.04. The van der Waals surface area contributed by atoms with Crippen molar-refractivity contribution in [2.24, 2.45) is 11.3 Å². The monoisotopic (exact) mass is 346 g/mol. The molecule has 2 aliphatic carbocycles. The number of aromatic nitrogens is 1. The smallest absolute Gasteiger partial charge is 0.212 e. The maximum atomic E-state index is 12.5. The van der Waals surface area contributed by atoms with Crippen LogP contribution in [0.3, 0.4) is 0 Å². The van der Waals surface area contributed by atoms with Gasteiger partial charge in [0.1, 0.15) is 5.69 Å². The first-order chi connectivity index (χ1) is 11.6. The van der Waals surface area contributed by atoms with Crippen LogP contribution in [-0.4, -0.2) is 19.2 Å². The molecule has 1 heterocycles. The van der Waals surface area contributed by atoms with E-state index in [-0.39, 0.29) is 17.7 Å². The minimum absolute atomic E-state index is 0.0165. The summed E-state index contributed by atoms with van der Waals surface area (Å²) in [6.07, 6.45) is 6.93. The molecule has 2 fully saturated rings. The number of nitrogens with zero attached hydrogens (tertiary/aromatic N) is 1. The molecule has 1 aromatic heterocycles. The van der Waals surface area contributed by atoms with Gasteiger partial charge in [-0.15, -0.1) is 0 Å². The van der Waals surface area contributed by atoms with E-state index in [9.17, 15) is 8.42 Å². The summed E-state index contributed by atoms with van der Waals surface area (Å²) in [6, 6.07) is 9.62. The van der Waals surface area contributed by atoms with E-state index in [4.69, 9.17) is 4.42 Å². The zero-order chi connectivity index (χ0) is 16.6. The first-order valence-electron chi connectivity index (χ1n) is 8.50. The van der Waals surface area contributed by atoms with Crippen molar-refractivity contribution < 1.29 is 12.8 Å². The molecule has 2 aliphatic rings. The molecular formula is C18H22N2O3S. The van der Waals surface area contributed by atoms with Crippen LogP contribution >= 0.6 is 0 Å². The van der Waals surface area contributed by atoms with Crippen molar-refractivity contribution in [3.05, 3.63) is 42.4 Å². The van der Waals surface area contributed by atoms with Gasteiger partial charge < -0.3 is 4.42 Å². The van der Waals surface area contributed by atoms with E-state index in [2.05, 4.69) is 9.71 Å². The third-order valence-electron chi connectivity index (χ3n) is 5.52. The summed E-state index contributed by atoms with van der Waals surface area (Å²) in [5.41, 5.74) is 1.54. The molecule has 4 rings (SSSR count). The van der Waals surface area contributed by atoms with Crippen molar-refractivity contribution in [2.75, 3.05) is 5.75 Å². The van der Waals surface area contributed by atoms with Crippen LogP contribution in [-0.2, 0) is 16.6 Å². The summed E-state index contributed by atoms with van der Waals surface area (Å²) in [7, 11) is -3.32. The molecular weight excluding hydrogens is 324 g/mol. The van der Waals surface area contributed by atoms with Crippen LogP contribution in [0.25, 0.3) is 11.3 Å². The number of rotatable bonds is 6. The van der Waals surface area contributed by atoms with Crippen molar-refractivity contribution in [1.82, 2.24) is 9.71 Å². The molecule has 0 radical (unpaired) electrons. The number of sulfonamides is 1. The van der Waals surface area contributed by atoms with E-state index < -0.39 is 10.0 Å². The van der Waals surface area contributed by atoms with E-state index >= 15 is 0 Å². The fraction of sp³-hybridized carbons (Fsp3) is 0.500. The molecule has 2 bridgehead atoms. The highest BCUT2D eigenvalue weighted by molar-refractivity contribution is 7.89. The first-order valence-corrected chi connectivity index (χ1v) is 10.2. The molecule has 0 aliphatic heterocycles. The lowest BCUT2D eigenvalue weighted by molar-refractivity contribution is 0.332. The minimum Gasteiger partial charge on any atom is -0.443 e. The number of nitrogens with one attached hydrogen (secondary N) is 1. The summed E-state index contributed by atoms with van der Waals surface area (Å²) >= 11 is 0. The Morgan fingerprint density at radius 2 is 1.96 bits per heavy atom. The van der Waals surface area contributed by atoms with Crippen LogP contribution in [0.2, 0.25) is 0 Å². The number of hydrogen-bond donors (Lipinski definition) is 1. The molecule has 24 heavy (non-hydrogen) atoms. The lowest BCUT2D eigenvalue weighted by Crippen LogP contribution is -2.34. The highest BCUT2D eigenvalue weighted by atomic mass is 32.2. The van der Waals surface area contributed by atoms with E-state index in [1.165, 1.54) is 19.2 Å². The van der Waals surface area contributed by atoms with Gasteiger partial charge in [0.15, 0.2) is 12.2 Å². The SMILES string of the molecule is O=S(=O)(CC12CCC(CC1)C2)NCc1ncoc1-c1ccccc1. The Morgan fingerprint density at radius 1 is 1.21 bits per heavy atom. The van der Waals surface area contributed by atoms with Crippen molar-refractivity contribution in [2.45, 2.75) is 38.6 Å². The number of benzene rings is 1. The maximum absolute atomic E-state index is 12.5. The van der Waals surface area contributed by atoms with Crippen molar-refractivity contribution >= 4 is 10.0 Å². The Labute approximate surface area is 142 Å². The zero-order valence-electron chi connectivity index (χ0n) is 13.6. The lowest BCUT2D eigenvalue weighted by Gasteiger charge is -2.25. The molecule has 0 atom stereocenters. The van der Waals surface area contributed by atoms with Crippen LogP contribution in [0.5, 0.6) is 0 Å². The number of oxazole rings is 1. The Balaban J connectivity index is 1.45. The van der Waals surface area contributed by atoms with Crippen LogP contribution < -0.4 is 4.72 Å². The Bertz CT molecular complexity index is 806. The predicted octanol–water partition coefficient (Wildman–Crippen LogP) is 3.34. The van der Waals surface area contributed by atoms with Gasteiger partial charge >= 0.3 is 0 Å². The van der Waals surface area contributed by atoms with Crippen LogP contribution in [0, 0.1) is 11.3 Å². The molecule has 1 N–H and O–H groups in total. The van der Waals surface area contributed by atoms with Gasteiger partial charge in [0.2, 0.25) is 10.0 Å². The highest BCUT2D eigenvalue weighted by Gasteiger charge is 2.47. The zero-order valence-corrected chi connectivity index (χ0v) is 14.4. The van der Waals surface area contributed by atoms with Gasteiger partial charge in [-0.05, 0) is 43.4 Å². The molecule has 128 valence electrons. The van der Waals surface area contributed by atoms with Gasteiger partial charge in [0, 0.05) is 5.56 Å². The molecule has 0 spiro atoms. The molecule has 2 saturated carbocycles. The van der Waals surface area contributed by atoms with E-state index in [0.717, 1.165) is 30.7 Å². The average molecular weight is 346 g/mol. The van der Waals surface area contributed by atoms with Gasteiger partial charge in [-0.2, -0.15) is 0 Å². The Morgan fingerprint density at radius 3 is 2.62 bits per heavy atom. The summed E-state index contributed by atoms with van der Waals surface area (Å²) < 4.78 is 33.3. The standard InChI is InChI=1S/C18H22N2O3S/c21-24(22,12-18-8-6-14(10-18)7-9-18)20-11-16-17(23-13-19-16)15-4-2-1-3-5-15/h1-5,13-14,20H,6-12H2. The fourth-order valence-electron chi connectivity index (χ4n) is 4.37. The molecule has 6 heteroatoms. The number of fused-ring (bicyclic) bond motifs is 2. The first kappa shape index (κ1) is 15.8. The predicted molar refractivity (Wildman–Crippen MR) is 91.6 cm³/mol. The summed E-state index contributed by atoms with van der Waals surface area (Å²) in [4.78, 5) is 4.18. The second-order valence-corrected chi connectivity index (χ2v) is 9.03.